The van der Waals surface area contributed by atoms with Crippen molar-refractivity contribution in [1.82, 2.24) is 24.2 Å². The van der Waals surface area contributed by atoms with E-state index in [1.807, 2.05) is 69.5 Å². The molecule has 0 aliphatic heterocycles. The predicted molar refractivity (Wildman–Crippen MR) is 170 cm³/mol. The molecule has 1 aromatic carbocycles. The molecule has 5 rings (SSSR count). The van der Waals surface area contributed by atoms with Crippen molar-refractivity contribution in [2.24, 2.45) is 13.0 Å². The van der Waals surface area contributed by atoms with E-state index in [0.717, 1.165) is 34.4 Å². The zero-order valence-electron chi connectivity index (χ0n) is 26.0. The Hall–Kier alpha value is -3.35. The van der Waals surface area contributed by atoms with Gasteiger partial charge in [-0.3, -0.25) is 4.79 Å². The molecule has 0 unspecified atom stereocenters. The molecule has 234 valence electrons. The summed E-state index contributed by atoms with van der Waals surface area (Å²) < 4.78 is 38.0. The Morgan fingerprint density at radius 3 is 2.16 bits per heavy atom. The van der Waals surface area contributed by atoms with Gasteiger partial charge in [-0.2, -0.15) is 0 Å². The number of fused-ring (bicyclic) bond motifs is 1. The number of rotatable bonds is 8. The third-order valence-corrected chi connectivity index (χ3v) is 8.46. The molecule has 1 aliphatic rings. The number of carbonyl (C=O) groups excluding carboxylic acids is 1. The lowest BCUT2D eigenvalue weighted by Crippen LogP contribution is -2.30. The summed E-state index contributed by atoms with van der Waals surface area (Å²) in [7, 11) is -1.70. The second kappa shape index (κ2) is 15.9. The largest absolute Gasteiger partial charge is 0.473 e. The van der Waals surface area contributed by atoms with Crippen molar-refractivity contribution in [1.29, 1.82) is 0 Å². The van der Waals surface area contributed by atoms with Crippen LogP contribution >= 0.6 is 11.3 Å². The van der Waals surface area contributed by atoms with Gasteiger partial charge in [-0.05, 0) is 77.0 Å². The molecule has 0 bridgehead atoms. The minimum atomic E-state index is -3.42. The fourth-order valence-electron chi connectivity index (χ4n) is 4.07. The molecule has 43 heavy (non-hydrogen) atoms. The number of carbonyl (C=O) groups is 1. The summed E-state index contributed by atoms with van der Waals surface area (Å²) in [6.07, 6.45) is 7.79. The van der Waals surface area contributed by atoms with Crippen LogP contribution in [-0.2, 0) is 26.6 Å². The molecular formula is C31H43N5O5S2. The summed E-state index contributed by atoms with van der Waals surface area (Å²) in [6, 6.07) is 11.8. The van der Waals surface area contributed by atoms with Crippen LogP contribution in [0.15, 0.2) is 59.3 Å². The summed E-state index contributed by atoms with van der Waals surface area (Å²) in [5.74, 6) is 0.587. The number of nitrogens with one attached hydrogen (secondary N) is 1. The van der Waals surface area contributed by atoms with E-state index in [1.165, 1.54) is 25.4 Å². The zero-order valence-corrected chi connectivity index (χ0v) is 27.6. The maximum absolute atomic E-state index is 11.5. The smallest absolute Gasteiger partial charge is 0.308 e. The monoisotopic (exact) mass is 629 g/mol. The fraction of sp³-hybridized carbons (Fsp3) is 0.484. The van der Waals surface area contributed by atoms with E-state index >= 15 is 0 Å². The number of aryl methyl sites for hydroxylation is 1. The average molecular weight is 630 g/mol. The Labute approximate surface area is 258 Å². The quantitative estimate of drug-likeness (QED) is 0.223. The number of thiophene rings is 1. The van der Waals surface area contributed by atoms with Crippen LogP contribution in [-0.4, -0.2) is 52.2 Å². The Balaban J connectivity index is 0.000000186. The van der Waals surface area contributed by atoms with Gasteiger partial charge in [0, 0.05) is 19.3 Å². The van der Waals surface area contributed by atoms with Crippen LogP contribution in [0.25, 0.3) is 21.6 Å². The van der Waals surface area contributed by atoms with Crippen LogP contribution in [0, 0.1) is 5.92 Å². The van der Waals surface area contributed by atoms with Gasteiger partial charge in [0.2, 0.25) is 5.88 Å². The van der Waals surface area contributed by atoms with Crippen LogP contribution in [0.3, 0.4) is 0 Å². The lowest BCUT2D eigenvalue weighted by Gasteiger charge is -2.12. The van der Waals surface area contributed by atoms with Gasteiger partial charge < -0.3 is 14.0 Å². The number of hydrogen-bond donors (Lipinski definition) is 1. The first kappa shape index (κ1) is 34.1. The van der Waals surface area contributed by atoms with E-state index in [9.17, 15) is 13.2 Å². The zero-order chi connectivity index (χ0) is 31.6. The van der Waals surface area contributed by atoms with E-state index in [0.29, 0.717) is 5.88 Å². The van der Waals surface area contributed by atoms with Gasteiger partial charge in [0.25, 0.3) is 10.0 Å². The first-order valence-corrected chi connectivity index (χ1v) is 16.9. The van der Waals surface area contributed by atoms with Gasteiger partial charge >= 0.3 is 5.97 Å². The standard InChI is InChI=1S/C15H14N2OS.C9H16O2.C7H13N3O2S/c1-10(2)18-15-14(13-8-5-9-19-13)16-11-6-3-4-7-12(11)17-15;1-7(2)9(10)11-8-5-3-4-6-8;1-6(2)9-13(11,12)7-4-10(3)5-8-7/h3-10H,1-2H3;7-8H,3-6H2,1-2H3;4-6,9H,1-3H3. The molecular weight excluding hydrogens is 587 g/mol. The summed E-state index contributed by atoms with van der Waals surface area (Å²) >= 11 is 1.64. The number of hydrogen-bond acceptors (Lipinski definition) is 9. The SMILES string of the molecule is CC(C)C(=O)OC1CCCC1.CC(C)NS(=O)(=O)c1cn(C)cn1.CC(C)Oc1nc2ccccc2nc1-c1cccs1. The molecule has 12 heteroatoms. The van der Waals surface area contributed by atoms with Crippen molar-refractivity contribution in [2.45, 2.75) is 90.5 Å². The minimum absolute atomic E-state index is 0.0237. The number of para-hydroxylation sites is 2. The van der Waals surface area contributed by atoms with Crippen molar-refractivity contribution in [3.8, 4) is 16.5 Å². The number of nitrogens with zero attached hydrogens (tertiary/aromatic N) is 4. The molecule has 1 saturated carbocycles. The average Bonchev–Trinajstić information content (AvgIpc) is 3.72. The first-order chi connectivity index (χ1) is 20.4. The highest BCUT2D eigenvalue weighted by Gasteiger charge is 2.20. The molecule has 0 radical (unpaired) electrons. The van der Waals surface area contributed by atoms with Crippen molar-refractivity contribution < 1.29 is 22.7 Å². The van der Waals surface area contributed by atoms with Crippen molar-refractivity contribution in [3.63, 3.8) is 0 Å². The Morgan fingerprint density at radius 2 is 1.65 bits per heavy atom. The van der Waals surface area contributed by atoms with Crippen LogP contribution in [0.1, 0.15) is 67.2 Å². The van der Waals surface area contributed by atoms with Gasteiger partial charge in [0.05, 0.1) is 34.3 Å². The number of benzene rings is 1. The highest BCUT2D eigenvalue weighted by molar-refractivity contribution is 7.89. The molecule has 0 spiro atoms. The number of imidazole rings is 1. The second-order valence-electron chi connectivity index (χ2n) is 11.2. The number of esters is 1. The normalized spacial score (nSPS) is 13.5. The highest BCUT2D eigenvalue weighted by atomic mass is 32.2. The number of sulfonamides is 1. The van der Waals surface area contributed by atoms with E-state index in [2.05, 4.69) is 14.7 Å². The molecule has 0 atom stereocenters. The molecule has 1 aliphatic carbocycles. The third-order valence-electron chi connectivity index (χ3n) is 6.04. The molecule has 4 aromatic rings. The van der Waals surface area contributed by atoms with E-state index in [1.54, 1.807) is 36.8 Å². The van der Waals surface area contributed by atoms with Crippen LogP contribution in [0.2, 0.25) is 0 Å². The van der Waals surface area contributed by atoms with Gasteiger partial charge in [-0.15, -0.1) is 11.3 Å². The topological polar surface area (TPSA) is 125 Å². The molecule has 3 heterocycles. The Bertz CT molecular complexity index is 1540. The van der Waals surface area contributed by atoms with Crippen LogP contribution in [0.5, 0.6) is 5.88 Å². The number of ether oxygens (including phenoxy) is 2. The third kappa shape index (κ3) is 10.7. The van der Waals surface area contributed by atoms with Gasteiger partial charge in [0.15, 0.2) is 5.03 Å². The summed E-state index contributed by atoms with van der Waals surface area (Å²) in [5.41, 5.74) is 2.57. The lowest BCUT2D eigenvalue weighted by atomic mass is 10.2. The van der Waals surface area contributed by atoms with E-state index in [4.69, 9.17) is 14.5 Å². The van der Waals surface area contributed by atoms with E-state index in [-0.39, 0.29) is 35.2 Å². The summed E-state index contributed by atoms with van der Waals surface area (Å²) in [5, 5.41) is 2.09. The molecule has 0 saturated heterocycles. The Morgan fingerprint density at radius 1 is 1.00 bits per heavy atom. The van der Waals surface area contributed by atoms with Crippen LogP contribution < -0.4 is 9.46 Å². The molecule has 0 amide bonds. The molecule has 1 fully saturated rings. The number of aromatic nitrogens is 4. The molecule has 3 aromatic heterocycles. The lowest BCUT2D eigenvalue weighted by molar-refractivity contribution is -0.152. The summed E-state index contributed by atoms with van der Waals surface area (Å²) in [6.45, 7) is 11.3. The predicted octanol–water partition coefficient (Wildman–Crippen LogP) is 6.38. The highest BCUT2D eigenvalue weighted by Crippen LogP contribution is 2.32. The maximum atomic E-state index is 11.5. The Kier molecular flexibility index (Phi) is 12.6. The van der Waals surface area contributed by atoms with Crippen molar-refractivity contribution in [2.75, 3.05) is 0 Å². The maximum Gasteiger partial charge on any atom is 0.308 e. The summed E-state index contributed by atoms with van der Waals surface area (Å²) in [4.78, 5) is 25.2. The van der Waals surface area contributed by atoms with Crippen molar-refractivity contribution in [3.05, 3.63) is 54.3 Å². The fourth-order valence-corrected chi connectivity index (χ4v) is 6.01. The second-order valence-corrected chi connectivity index (χ2v) is 13.8. The first-order valence-electron chi connectivity index (χ1n) is 14.5. The van der Waals surface area contributed by atoms with Gasteiger partial charge in [-0.25, -0.2) is 28.1 Å². The van der Waals surface area contributed by atoms with Crippen molar-refractivity contribution >= 4 is 38.4 Å². The molecule has 1 N–H and O–H groups in total. The molecule has 10 nitrogen and oxygen atoms in total. The van der Waals surface area contributed by atoms with Gasteiger partial charge in [0.1, 0.15) is 11.8 Å². The minimum Gasteiger partial charge on any atom is -0.473 e. The van der Waals surface area contributed by atoms with Crippen LogP contribution in [0.4, 0.5) is 0 Å². The van der Waals surface area contributed by atoms with Gasteiger partial charge in [-0.1, -0.05) is 32.0 Å². The van der Waals surface area contributed by atoms with E-state index < -0.39 is 10.0 Å².